The molecule has 19 heavy (non-hydrogen) atoms. The molecule has 1 saturated carbocycles. The molecular weight excluding hydrogens is 268 g/mol. The molecule has 1 amide bonds. The molecule has 2 unspecified atom stereocenters. The van der Waals surface area contributed by atoms with Crippen LogP contribution in [0.15, 0.2) is 0 Å². The number of piperazine rings is 1. The molecule has 2 fully saturated rings. The number of carbonyl (C=O) groups excluding carboxylic acids is 1. The van der Waals surface area contributed by atoms with E-state index in [1.807, 2.05) is 0 Å². The first-order valence-corrected chi connectivity index (χ1v) is 8.20. The second-order valence-electron chi connectivity index (χ2n) is 5.39. The zero-order valence-corrected chi connectivity index (χ0v) is 11.8. The summed E-state index contributed by atoms with van der Waals surface area (Å²) < 4.78 is 23.6. The van der Waals surface area contributed by atoms with Crippen LogP contribution in [0.2, 0.25) is 0 Å². The Bertz CT molecular complexity index is 431. The number of hydrogen-bond donors (Lipinski definition) is 2. The van der Waals surface area contributed by atoms with Gasteiger partial charge in [-0.1, -0.05) is 6.42 Å². The number of nitrogens with zero attached hydrogens (tertiary/aromatic N) is 2. The molecule has 1 saturated heterocycles. The van der Waals surface area contributed by atoms with Crippen LogP contribution in [-0.4, -0.2) is 55.8 Å². The highest BCUT2D eigenvalue weighted by Crippen LogP contribution is 2.25. The Morgan fingerprint density at radius 3 is 2.26 bits per heavy atom. The Morgan fingerprint density at radius 1 is 1.11 bits per heavy atom. The second-order valence-corrected chi connectivity index (χ2v) is 6.94. The van der Waals surface area contributed by atoms with Crippen molar-refractivity contribution in [2.45, 2.75) is 31.7 Å². The molecular formula is C11H22N4O3S. The summed E-state index contributed by atoms with van der Waals surface area (Å²) in [6.07, 6.45) is 3.62. The van der Waals surface area contributed by atoms with E-state index in [-0.39, 0.29) is 31.0 Å². The van der Waals surface area contributed by atoms with Crippen LogP contribution in [0.3, 0.4) is 0 Å². The SMILES string of the molecule is NC1CCCC(C(=O)N2CCN(S(N)(=O)=O)CC2)C1. The lowest BCUT2D eigenvalue weighted by Gasteiger charge is -2.36. The number of amides is 1. The Morgan fingerprint density at radius 2 is 1.74 bits per heavy atom. The van der Waals surface area contributed by atoms with Crippen molar-refractivity contribution in [1.29, 1.82) is 0 Å². The summed E-state index contributed by atoms with van der Waals surface area (Å²) in [5.74, 6) is 0.119. The third-order valence-electron chi connectivity index (χ3n) is 3.97. The molecule has 1 aliphatic heterocycles. The van der Waals surface area contributed by atoms with Crippen LogP contribution in [0.5, 0.6) is 0 Å². The minimum Gasteiger partial charge on any atom is -0.340 e. The van der Waals surface area contributed by atoms with E-state index in [9.17, 15) is 13.2 Å². The van der Waals surface area contributed by atoms with Gasteiger partial charge in [-0.15, -0.1) is 0 Å². The van der Waals surface area contributed by atoms with Crippen molar-refractivity contribution in [2.75, 3.05) is 26.2 Å². The molecule has 110 valence electrons. The zero-order chi connectivity index (χ0) is 14.0. The van der Waals surface area contributed by atoms with Crippen LogP contribution in [0.4, 0.5) is 0 Å². The number of carbonyl (C=O) groups is 1. The average Bonchev–Trinajstić information content (AvgIpc) is 2.37. The van der Waals surface area contributed by atoms with Crippen LogP contribution in [0, 0.1) is 5.92 Å². The van der Waals surface area contributed by atoms with E-state index in [1.54, 1.807) is 4.90 Å². The second kappa shape index (κ2) is 5.74. The van der Waals surface area contributed by atoms with Gasteiger partial charge < -0.3 is 10.6 Å². The van der Waals surface area contributed by atoms with Gasteiger partial charge in [-0.25, -0.2) is 5.14 Å². The van der Waals surface area contributed by atoms with Gasteiger partial charge >= 0.3 is 0 Å². The van der Waals surface area contributed by atoms with Gasteiger partial charge in [0.1, 0.15) is 0 Å². The minimum absolute atomic E-state index is 0.00443. The minimum atomic E-state index is -3.63. The molecule has 0 bridgehead atoms. The van der Waals surface area contributed by atoms with Crippen molar-refractivity contribution < 1.29 is 13.2 Å². The monoisotopic (exact) mass is 290 g/mol. The Balaban J connectivity index is 1.89. The topological polar surface area (TPSA) is 110 Å². The highest BCUT2D eigenvalue weighted by Gasteiger charge is 2.32. The fourth-order valence-electron chi connectivity index (χ4n) is 2.87. The lowest BCUT2D eigenvalue weighted by molar-refractivity contribution is -0.137. The van der Waals surface area contributed by atoms with E-state index in [0.29, 0.717) is 13.1 Å². The highest BCUT2D eigenvalue weighted by molar-refractivity contribution is 7.86. The Labute approximate surface area is 114 Å². The van der Waals surface area contributed by atoms with Gasteiger partial charge in [0.05, 0.1) is 0 Å². The van der Waals surface area contributed by atoms with Crippen LogP contribution in [-0.2, 0) is 15.0 Å². The van der Waals surface area contributed by atoms with Crippen LogP contribution < -0.4 is 10.9 Å². The summed E-state index contributed by atoms with van der Waals surface area (Å²) in [6, 6.07) is 0.119. The number of nitrogens with two attached hydrogens (primary N) is 2. The van der Waals surface area contributed by atoms with Gasteiger partial charge in [-0.05, 0) is 19.3 Å². The van der Waals surface area contributed by atoms with Gasteiger partial charge in [0.15, 0.2) is 0 Å². The summed E-state index contributed by atoms with van der Waals surface area (Å²) in [6.45, 7) is 1.40. The van der Waals surface area contributed by atoms with Gasteiger partial charge in [0.2, 0.25) is 5.91 Å². The normalized spacial score (nSPS) is 30.3. The summed E-state index contributed by atoms with van der Waals surface area (Å²) in [7, 11) is -3.63. The molecule has 0 aromatic carbocycles. The summed E-state index contributed by atoms with van der Waals surface area (Å²) >= 11 is 0. The van der Waals surface area contributed by atoms with Gasteiger partial charge in [0, 0.05) is 38.1 Å². The lowest BCUT2D eigenvalue weighted by atomic mass is 9.85. The van der Waals surface area contributed by atoms with Crippen molar-refractivity contribution in [3.05, 3.63) is 0 Å². The zero-order valence-electron chi connectivity index (χ0n) is 11.0. The molecule has 0 aromatic heterocycles. The van der Waals surface area contributed by atoms with Gasteiger partial charge in [-0.2, -0.15) is 12.7 Å². The fourth-order valence-corrected chi connectivity index (χ4v) is 3.55. The molecule has 2 atom stereocenters. The molecule has 1 heterocycles. The van der Waals surface area contributed by atoms with E-state index >= 15 is 0 Å². The average molecular weight is 290 g/mol. The predicted octanol–water partition coefficient (Wildman–Crippen LogP) is -1.15. The third kappa shape index (κ3) is 3.65. The Kier molecular flexibility index (Phi) is 4.44. The third-order valence-corrected chi connectivity index (χ3v) is 5.06. The first-order valence-electron chi connectivity index (χ1n) is 6.70. The number of hydrogen-bond acceptors (Lipinski definition) is 4. The van der Waals surface area contributed by atoms with E-state index in [0.717, 1.165) is 25.7 Å². The molecule has 2 rings (SSSR count). The van der Waals surface area contributed by atoms with Crippen molar-refractivity contribution in [3.63, 3.8) is 0 Å². The molecule has 8 heteroatoms. The molecule has 2 aliphatic rings. The standard InChI is InChI=1S/C11H22N4O3S/c12-10-3-1-2-9(8-10)11(16)14-4-6-15(7-5-14)19(13,17)18/h9-10H,1-8,12H2,(H2,13,17,18). The lowest BCUT2D eigenvalue weighted by Crippen LogP contribution is -2.53. The molecule has 0 radical (unpaired) electrons. The maximum atomic E-state index is 12.3. The summed E-state index contributed by atoms with van der Waals surface area (Å²) in [4.78, 5) is 14.1. The largest absolute Gasteiger partial charge is 0.340 e. The number of rotatable bonds is 2. The van der Waals surface area contributed by atoms with Crippen molar-refractivity contribution in [1.82, 2.24) is 9.21 Å². The summed E-state index contributed by atoms with van der Waals surface area (Å²) in [5, 5.41) is 5.07. The molecule has 7 nitrogen and oxygen atoms in total. The maximum absolute atomic E-state index is 12.3. The van der Waals surface area contributed by atoms with Gasteiger partial charge in [0.25, 0.3) is 10.2 Å². The quantitative estimate of drug-likeness (QED) is 0.669. The van der Waals surface area contributed by atoms with Crippen LogP contribution in [0.1, 0.15) is 25.7 Å². The summed E-state index contributed by atoms with van der Waals surface area (Å²) in [5.41, 5.74) is 5.90. The highest BCUT2D eigenvalue weighted by atomic mass is 32.2. The predicted molar refractivity (Wildman–Crippen MR) is 71.2 cm³/mol. The van der Waals surface area contributed by atoms with Gasteiger partial charge in [-0.3, -0.25) is 4.79 Å². The molecule has 4 N–H and O–H groups in total. The van der Waals surface area contributed by atoms with Crippen LogP contribution >= 0.6 is 0 Å². The van der Waals surface area contributed by atoms with Crippen molar-refractivity contribution in [2.24, 2.45) is 16.8 Å². The smallest absolute Gasteiger partial charge is 0.277 e. The van der Waals surface area contributed by atoms with Crippen LogP contribution in [0.25, 0.3) is 0 Å². The molecule has 0 aromatic rings. The fraction of sp³-hybridized carbons (Fsp3) is 0.909. The van der Waals surface area contributed by atoms with Crippen molar-refractivity contribution in [3.8, 4) is 0 Å². The van der Waals surface area contributed by atoms with Crippen molar-refractivity contribution >= 4 is 16.1 Å². The maximum Gasteiger partial charge on any atom is 0.277 e. The van der Waals surface area contributed by atoms with E-state index in [2.05, 4.69) is 0 Å². The first-order chi connectivity index (χ1) is 8.88. The molecule has 0 spiro atoms. The van der Waals surface area contributed by atoms with E-state index < -0.39 is 10.2 Å². The first kappa shape index (κ1) is 14.7. The van der Waals surface area contributed by atoms with E-state index in [4.69, 9.17) is 10.9 Å². The Hall–Kier alpha value is -0.700. The molecule has 1 aliphatic carbocycles. The van der Waals surface area contributed by atoms with E-state index in [1.165, 1.54) is 4.31 Å².